The summed E-state index contributed by atoms with van der Waals surface area (Å²) in [5.74, 6) is -0.972. The van der Waals surface area contributed by atoms with E-state index in [1.165, 1.54) is 35.0 Å². The van der Waals surface area contributed by atoms with Crippen LogP contribution in [0.4, 0.5) is 0 Å². The quantitative estimate of drug-likeness (QED) is 0.759. The molecule has 1 aromatic carbocycles. The van der Waals surface area contributed by atoms with Crippen molar-refractivity contribution in [2.45, 2.75) is 13.0 Å². The van der Waals surface area contributed by atoms with Crippen molar-refractivity contribution in [1.29, 1.82) is 0 Å². The van der Waals surface area contributed by atoms with Crippen LogP contribution >= 0.6 is 0 Å². The summed E-state index contributed by atoms with van der Waals surface area (Å²) in [6, 6.07) is 11.5. The van der Waals surface area contributed by atoms with Crippen molar-refractivity contribution in [3.05, 3.63) is 90.0 Å². The maximum absolute atomic E-state index is 11.1. The van der Waals surface area contributed by atoms with Gasteiger partial charge in [-0.05, 0) is 41.3 Å². The van der Waals surface area contributed by atoms with Gasteiger partial charge in [-0.25, -0.2) is 9.78 Å². The topological polar surface area (TPSA) is 68.0 Å². The molecule has 1 aliphatic carbocycles. The number of carbonyl (C=O) groups is 1. The third-order valence-corrected chi connectivity index (χ3v) is 4.34. The minimum Gasteiger partial charge on any atom is -0.478 e. The zero-order valence-corrected chi connectivity index (χ0v) is 14.0. The molecule has 0 amide bonds. The van der Waals surface area contributed by atoms with Crippen LogP contribution in [0, 0.1) is 0 Å². The monoisotopic (exact) mass is 343 g/mol. The van der Waals surface area contributed by atoms with E-state index in [4.69, 9.17) is 5.11 Å². The Morgan fingerprint density at radius 2 is 2.08 bits per heavy atom. The number of nitrogens with zero attached hydrogens (tertiary/aromatic N) is 3. The zero-order valence-electron chi connectivity index (χ0n) is 14.0. The van der Waals surface area contributed by atoms with Crippen molar-refractivity contribution < 1.29 is 9.90 Å². The number of carboxylic acids is 1. The highest BCUT2D eigenvalue weighted by Crippen LogP contribution is 2.24. The number of aromatic carboxylic acids is 1. The maximum atomic E-state index is 11.1. The second-order valence-electron chi connectivity index (χ2n) is 6.19. The highest BCUT2D eigenvalue weighted by Gasteiger charge is 2.09. The molecule has 1 aliphatic rings. The molecule has 0 saturated heterocycles. The number of hydrogen-bond donors (Lipinski definition) is 1. The van der Waals surface area contributed by atoms with Crippen LogP contribution in [0.1, 0.15) is 27.9 Å². The molecule has 0 spiro atoms. The van der Waals surface area contributed by atoms with E-state index in [1.807, 2.05) is 10.8 Å². The van der Waals surface area contributed by atoms with E-state index < -0.39 is 5.97 Å². The first-order chi connectivity index (χ1) is 12.7. The van der Waals surface area contributed by atoms with Gasteiger partial charge in [-0.15, -0.1) is 0 Å². The summed E-state index contributed by atoms with van der Waals surface area (Å²) < 4.78 is 1.98. The van der Waals surface area contributed by atoms with Gasteiger partial charge in [0.05, 0.1) is 17.6 Å². The second-order valence-corrected chi connectivity index (χ2v) is 6.19. The Labute approximate surface area is 151 Å². The first-order valence-electron chi connectivity index (χ1n) is 8.35. The molecular weight excluding hydrogens is 326 g/mol. The van der Waals surface area contributed by atoms with E-state index in [9.17, 15) is 4.79 Å². The fourth-order valence-corrected chi connectivity index (χ4v) is 3.02. The molecule has 1 N–H and O–H groups in total. The average molecular weight is 343 g/mol. The molecule has 26 heavy (non-hydrogen) atoms. The standard InChI is InChI=1S/C21H17N3O2/c25-21(26)18-8-9-22-19(11-18)20-13-24(14-23-20)12-15-4-3-7-17(10-15)16-5-1-2-6-16/h1-5,7-11,13-14H,6,12H2,(H,25,26). The van der Waals surface area contributed by atoms with Crippen molar-refractivity contribution >= 4 is 11.5 Å². The molecule has 2 aromatic heterocycles. The van der Waals surface area contributed by atoms with Gasteiger partial charge in [0.2, 0.25) is 0 Å². The molecule has 0 aliphatic heterocycles. The van der Waals surface area contributed by atoms with E-state index in [1.54, 1.807) is 6.33 Å². The molecule has 0 atom stereocenters. The third-order valence-electron chi connectivity index (χ3n) is 4.34. The van der Waals surface area contributed by atoms with Crippen molar-refractivity contribution in [1.82, 2.24) is 14.5 Å². The molecule has 5 nitrogen and oxygen atoms in total. The van der Waals surface area contributed by atoms with E-state index in [-0.39, 0.29) is 5.56 Å². The van der Waals surface area contributed by atoms with Crippen LogP contribution in [0.25, 0.3) is 17.0 Å². The molecule has 3 aromatic rings. The SMILES string of the molecule is O=C(O)c1ccnc(-c2cn(Cc3cccc(C4=CC=CC4)c3)cn2)c1. The van der Waals surface area contributed by atoms with Gasteiger partial charge in [-0.1, -0.05) is 36.4 Å². The van der Waals surface area contributed by atoms with Gasteiger partial charge in [-0.2, -0.15) is 0 Å². The van der Waals surface area contributed by atoms with E-state index in [0.717, 1.165) is 6.42 Å². The van der Waals surface area contributed by atoms with E-state index in [0.29, 0.717) is 17.9 Å². The third kappa shape index (κ3) is 3.32. The molecule has 0 saturated carbocycles. The van der Waals surface area contributed by atoms with Gasteiger partial charge in [0, 0.05) is 18.9 Å². The number of benzene rings is 1. The molecule has 5 heteroatoms. The minimum atomic E-state index is -0.972. The highest BCUT2D eigenvalue weighted by atomic mass is 16.4. The van der Waals surface area contributed by atoms with Crippen LogP contribution in [0.5, 0.6) is 0 Å². The minimum absolute atomic E-state index is 0.204. The first-order valence-corrected chi connectivity index (χ1v) is 8.35. The molecule has 0 bridgehead atoms. The molecular formula is C21H17N3O2. The van der Waals surface area contributed by atoms with Crippen molar-refractivity contribution in [3.8, 4) is 11.4 Å². The Balaban J connectivity index is 1.55. The molecule has 0 radical (unpaired) electrons. The Morgan fingerprint density at radius 3 is 2.88 bits per heavy atom. The number of hydrogen-bond acceptors (Lipinski definition) is 3. The summed E-state index contributed by atoms with van der Waals surface area (Å²) >= 11 is 0. The predicted molar refractivity (Wildman–Crippen MR) is 99.7 cm³/mol. The van der Waals surface area contributed by atoms with Crippen LogP contribution in [0.3, 0.4) is 0 Å². The number of allylic oxidation sites excluding steroid dienone is 4. The average Bonchev–Trinajstić information content (AvgIpc) is 3.34. The Bertz CT molecular complexity index is 1030. The van der Waals surface area contributed by atoms with Gasteiger partial charge in [0.25, 0.3) is 0 Å². The lowest BCUT2D eigenvalue weighted by molar-refractivity contribution is 0.0697. The summed E-state index contributed by atoms with van der Waals surface area (Å²) in [5, 5.41) is 9.11. The van der Waals surface area contributed by atoms with Crippen LogP contribution < -0.4 is 0 Å². The predicted octanol–water partition coefficient (Wildman–Crippen LogP) is 4.03. The van der Waals surface area contributed by atoms with Gasteiger partial charge in [0.15, 0.2) is 0 Å². The smallest absolute Gasteiger partial charge is 0.335 e. The number of carboxylic acid groups (broad SMARTS) is 1. The summed E-state index contributed by atoms with van der Waals surface area (Å²) in [6.07, 6.45) is 12.5. The van der Waals surface area contributed by atoms with Crippen molar-refractivity contribution in [3.63, 3.8) is 0 Å². The summed E-state index contributed by atoms with van der Waals surface area (Å²) in [4.78, 5) is 19.7. The molecule has 128 valence electrons. The van der Waals surface area contributed by atoms with Gasteiger partial charge >= 0.3 is 5.97 Å². The number of aromatic nitrogens is 3. The van der Waals surface area contributed by atoms with Crippen LogP contribution in [0.2, 0.25) is 0 Å². The highest BCUT2D eigenvalue weighted by molar-refractivity contribution is 5.88. The fraction of sp³-hybridized carbons (Fsp3) is 0.0952. The summed E-state index contributed by atoms with van der Waals surface area (Å²) in [5.41, 5.74) is 5.17. The normalized spacial score (nSPS) is 13.0. The lowest BCUT2D eigenvalue weighted by atomic mass is 10.0. The van der Waals surface area contributed by atoms with Crippen LogP contribution in [-0.2, 0) is 6.54 Å². The van der Waals surface area contributed by atoms with E-state index >= 15 is 0 Å². The van der Waals surface area contributed by atoms with Crippen molar-refractivity contribution in [2.75, 3.05) is 0 Å². The molecule has 2 heterocycles. The zero-order chi connectivity index (χ0) is 17.9. The van der Waals surface area contributed by atoms with Gasteiger partial charge in [-0.3, -0.25) is 4.98 Å². The number of rotatable bonds is 5. The van der Waals surface area contributed by atoms with E-state index in [2.05, 4.69) is 52.5 Å². The number of imidazole rings is 1. The Kier molecular flexibility index (Phi) is 4.19. The van der Waals surface area contributed by atoms with Crippen LogP contribution in [0.15, 0.2) is 73.3 Å². The van der Waals surface area contributed by atoms with Gasteiger partial charge < -0.3 is 9.67 Å². The lowest BCUT2D eigenvalue weighted by Gasteiger charge is -2.07. The number of pyridine rings is 1. The molecule has 0 fully saturated rings. The Morgan fingerprint density at radius 1 is 1.15 bits per heavy atom. The van der Waals surface area contributed by atoms with Crippen molar-refractivity contribution in [2.24, 2.45) is 0 Å². The molecule has 4 rings (SSSR count). The largest absolute Gasteiger partial charge is 0.478 e. The lowest BCUT2D eigenvalue weighted by Crippen LogP contribution is -1.98. The van der Waals surface area contributed by atoms with Gasteiger partial charge in [0.1, 0.15) is 5.69 Å². The Hall–Kier alpha value is -3.47. The first kappa shape index (κ1) is 16.0. The second kappa shape index (κ2) is 6.80. The summed E-state index contributed by atoms with van der Waals surface area (Å²) in [6.45, 7) is 0.695. The fourth-order valence-electron chi connectivity index (χ4n) is 3.02. The maximum Gasteiger partial charge on any atom is 0.335 e. The van der Waals surface area contributed by atoms with Crippen LogP contribution in [-0.4, -0.2) is 25.6 Å². The molecule has 0 unspecified atom stereocenters. The summed E-state index contributed by atoms with van der Waals surface area (Å²) in [7, 11) is 0.